The molecule has 0 amide bonds. The Kier molecular flexibility index (Phi) is 7.65. The molecule has 4 rings (SSSR count). The minimum atomic E-state index is -4.50. The van der Waals surface area contributed by atoms with Gasteiger partial charge in [-0.1, -0.05) is 32.5 Å². The van der Waals surface area contributed by atoms with Gasteiger partial charge in [0, 0.05) is 63.7 Å². The molecule has 1 aliphatic heterocycles. The first-order chi connectivity index (χ1) is 16.9. The molecule has 0 atom stereocenters. The molecular weight excluding hydrogens is 489 g/mol. The normalized spacial score (nSPS) is 15.6. The molecule has 0 spiro atoms. The summed E-state index contributed by atoms with van der Waals surface area (Å²) in [6.07, 6.45) is -1.53. The second kappa shape index (κ2) is 10.4. The minimum Gasteiger partial charge on any atom is -0.354 e. The fourth-order valence-electron chi connectivity index (χ4n) is 4.09. The van der Waals surface area contributed by atoms with E-state index in [2.05, 4.69) is 25.1 Å². The highest BCUT2D eigenvalue weighted by Gasteiger charge is 2.36. The van der Waals surface area contributed by atoms with Crippen LogP contribution in [0.3, 0.4) is 0 Å². The fraction of sp³-hybridized carbons (Fsp3) is 0.583. The third-order valence-electron chi connectivity index (χ3n) is 6.23. The molecule has 3 aromatic heterocycles. The number of aromatic nitrogens is 6. The minimum absolute atomic E-state index is 0.214. The van der Waals surface area contributed by atoms with E-state index in [1.54, 1.807) is 11.8 Å². The monoisotopic (exact) mass is 522 g/mol. The van der Waals surface area contributed by atoms with Gasteiger partial charge in [-0.3, -0.25) is 4.90 Å². The molecule has 8 nitrogen and oxygen atoms in total. The molecule has 1 fully saturated rings. The summed E-state index contributed by atoms with van der Waals surface area (Å²) in [7, 11) is 3.96. The Morgan fingerprint density at radius 2 is 1.72 bits per heavy atom. The smallest absolute Gasteiger partial charge is 0.354 e. The number of alkyl halides is 3. The zero-order chi connectivity index (χ0) is 26.1. The zero-order valence-electron chi connectivity index (χ0n) is 21.4. The zero-order valence-corrected chi connectivity index (χ0v) is 22.2. The number of aryl methyl sites for hydroxylation is 1. The predicted molar refractivity (Wildman–Crippen MR) is 135 cm³/mol. The first kappa shape index (κ1) is 26.5. The second-order valence-corrected chi connectivity index (χ2v) is 11.1. The molecule has 3 aromatic rings. The lowest BCUT2D eigenvalue weighted by molar-refractivity contribution is -0.141. The van der Waals surface area contributed by atoms with Crippen molar-refractivity contribution in [2.24, 2.45) is 14.1 Å². The van der Waals surface area contributed by atoms with Gasteiger partial charge in [0.1, 0.15) is 17.3 Å². The Labute approximate surface area is 213 Å². The van der Waals surface area contributed by atoms with Crippen LogP contribution in [0.4, 0.5) is 19.0 Å². The summed E-state index contributed by atoms with van der Waals surface area (Å²) in [5, 5.41) is 9.57. The molecule has 0 aliphatic carbocycles. The Hall–Kier alpha value is -2.60. The van der Waals surface area contributed by atoms with Crippen molar-refractivity contribution in [1.29, 1.82) is 0 Å². The third-order valence-corrected chi connectivity index (χ3v) is 7.33. The lowest BCUT2D eigenvalue weighted by atomic mass is 9.95. The molecule has 1 aliphatic rings. The van der Waals surface area contributed by atoms with Gasteiger partial charge in [-0.05, 0) is 25.1 Å². The SMILES string of the molecule is Cn1cccc1-c1nnc(SCCCN2CCN(c3cc(C(F)(F)F)nc(C(C)(C)C)n3)CC2)n1C. The van der Waals surface area contributed by atoms with Crippen molar-refractivity contribution in [3.63, 3.8) is 0 Å². The van der Waals surface area contributed by atoms with Gasteiger partial charge in [0.25, 0.3) is 0 Å². The Bertz CT molecular complexity index is 1140. The van der Waals surface area contributed by atoms with E-state index in [-0.39, 0.29) is 5.82 Å². The summed E-state index contributed by atoms with van der Waals surface area (Å²) in [6.45, 7) is 9.23. The highest BCUT2D eigenvalue weighted by Crippen LogP contribution is 2.32. The van der Waals surface area contributed by atoms with Crippen molar-refractivity contribution >= 4 is 17.6 Å². The molecule has 0 radical (unpaired) electrons. The van der Waals surface area contributed by atoms with Gasteiger partial charge in [-0.15, -0.1) is 10.2 Å². The number of thioether (sulfide) groups is 1. The van der Waals surface area contributed by atoms with Crippen LogP contribution in [0.15, 0.2) is 29.6 Å². The summed E-state index contributed by atoms with van der Waals surface area (Å²) in [6, 6.07) is 5.08. The molecule has 1 saturated heterocycles. The highest BCUT2D eigenvalue weighted by atomic mass is 32.2. The van der Waals surface area contributed by atoms with E-state index < -0.39 is 17.3 Å². The topological polar surface area (TPSA) is 67.9 Å². The number of nitrogens with zero attached hydrogens (tertiary/aromatic N) is 8. The average Bonchev–Trinajstić information content (AvgIpc) is 3.40. The first-order valence-corrected chi connectivity index (χ1v) is 13.0. The maximum atomic E-state index is 13.4. The van der Waals surface area contributed by atoms with E-state index in [9.17, 15) is 13.2 Å². The van der Waals surface area contributed by atoms with Crippen molar-refractivity contribution in [2.75, 3.05) is 43.4 Å². The van der Waals surface area contributed by atoms with E-state index in [1.165, 1.54) is 0 Å². The Balaban J connectivity index is 1.28. The van der Waals surface area contributed by atoms with Gasteiger partial charge in [0.15, 0.2) is 11.0 Å². The van der Waals surface area contributed by atoms with Crippen molar-refractivity contribution in [1.82, 2.24) is 34.2 Å². The van der Waals surface area contributed by atoms with Crippen LogP contribution >= 0.6 is 11.8 Å². The molecule has 0 saturated carbocycles. The van der Waals surface area contributed by atoms with Gasteiger partial charge in [0.2, 0.25) is 0 Å². The lowest BCUT2D eigenvalue weighted by Gasteiger charge is -2.36. The van der Waals surface area contributed by atoms with Crippen LogP contribution in [-0.2, 0) is 25.7 Å². The Morgan fingerprint density at radius 3 is 2.33 bits per heavy atom. The average molecular weight is 523 g/mol. The van der Waals surface area contributed by atoms with E-state index in [0.717, 1.165) is 54.5 Å². The molecule has 36 heavy (non-hydrogen) atoms. The maximum absolute atomic E-state index is 13.4. The lowest BCUT2D eigenvalue weighted by Crippen LogP contribution is -2.47. The third kappa shape index (κ3) is 6.03. The number of halogens is 3. The largest absolute Gasteiger partial charge is 0.433 e. The summed E-state index contributed by atoms with van der Waals surface area (Å²) < 4.78 is 44.4. The van der Waals surface area contributed by atoms with Gasteiger partial charge in [-0.25, -0.2) is 9.97 Å². The number of hydrogen-bond donors (Lipinski definition) is 0. The number of hydrogen-bond acceptors (Lipinski definition) is 7. The van der Waals surface area contributed by atoms with Crippen molar-refractivity contribution in [2.45, 2.75) is 43.9 Å². The van der Waals surface area contributed by atoms with Crippen molar-refractivity contribution in [3.8, 4) is 11.5 Å². The quantitative estimate of drug-likeness (QED) is 0.340. The van der Waals surface area contributed by atoms with Gasteiger partial charge in [0.05, 0.1) is 5.69 Å². The predicted octanol–water partition coefficient (Wildman–Crippen LogP) is 4.23. The molecule has 12 heteroatoms. The van der Waals surface area contributed by atoms with Crippen LogP contribution in [0, 0.1) is 0 Å². The number of piperazine rings is 1. The van der Waals surface area contributed by atoms with Crippen LogP contribution in [0.2, 0.25) is 0 Å². The van der Waals surface area contributed by atoms with Crippen LogP contribution < -0.4 is 4.90 Å². The van der Waals surface area contributed by atoms with Crippen LogP contribution in [0.1, 0.15) is 38.7 Å². The molecule has 0 bridgehead atoms. The summed E-state index contributed by atoms with van der Waals surface area (Å²) in [5.74, 6) is 2.32. The number of rotatable bonds is 7. The molecule has 0 N–H and O–H groups in total. The van der Waals surface area contributed by atoms with E-state index in [4.69, 9.17) is 0 Å². The van der Waals surface area contributed by atoms with E-state index in [0.29, 0.717) is 18.9 Å². The van der Waals surface area contributed by atoms with Crippen LogP contribution in [0.5, 0.6) is 0 Å². The number of anilines is 1. The van der Waals surface area contributed by atoms with Gasteiger partial charge in [-0.2, -0.15) is 13.2 Å². The first-order valence-electron chi connectivity index (χ1n) is 12.0. The van der Waals surface area contributed by atoms with E-state index in [1.807, 2.05) is 67.2 Å². The molecule has 0 aromatic carbocycles. The van der Waals surface area contributed by atoms with Gasteiger partial charge >= 0.3 is 6.18 Å². The Morgan fingerprint density at radius 1 is 1.00 bits per heavy atom. The summed E-state index contributed by atoms with van der Waals surface area (Å²) in [5.41, 5.74) is -0.425. The molecule has 196 valence electrons. The van der Waals surface area contributed by atoms with Crippen molar-refractivity contribution < 1.29 is 13.2 Å². The van der Waals surface area contributed by atoms with Gasteiger partial charge < -0.3 is 14.0 Å². The standard InChI is InChI=1S/C24H33F3N8S/c1-23(2,3)21-28-18(24(25,26)27)16-19(29-21)35-13-11-34(12-14-35)10-7-15-36-22-31-30-20(33(22)5)17-8-6-9-32(17)4/h6,8-9,16H,7,10-15H2,1-5H3. The second-order valence-electron chi connectivity index (χ2n) is 10.1. The van der Waals surface area contributed by atoms with Crippen molar-refractivity contribution in [3.05, 3.63) is 35.9 Å². The van der Waals surface area contributed by atoms with E-state index >= 15 is 0 Å². The fourth-order valence-corrected chi connectivity index (χ4v) is 4.92. The highest BCUT2D eigenvalue weighted by molar-refractivity contribution is 7.99. The molecule has 0 unspecified atom stereocenters. The van der Waals surface area contributed by atoms with Crippen LogP contribution in [-0.4, -0.2) is 72.7 Å². The molecule has 4 heterocycles. The summed E-state index contributed by atoms with van der Waals surface area (Å²) >= 11 is 1.68. The molecular formula is C24H33F3N8S. The van der Waals surface area contributed by atoms with Crippen LogP contribution in [0.25, 0.3) is 11.5 Å². The summed E-state index contributed by atoms with van der Waals surface area (Å²) in [4.78, 5) is 12.6. The maximum Gasteiger partial charge on any atom is 0.433 e.